The summed E-state index contributed by atoms with van der Waals surface area (Å²) in [7, 11) is 1.81. The number of anilines is 2. The Balaban J connectivity index is 1.55. The molecule has 154 valence electrons. The van der Waals surface area contributed by atoms with Gasteiger partial charge in [-0.3, -0.25) is 9.78 Å². The molecule has 0 radical (unpaired) electrons. The second-order valence-electron chi connectivity index (χ2n) is 6.78. The maximum Gasteiger partial charge on any atom is 0.315 e. The molecule has 0 saturated heterocycles. The third-order valence-corrected chi connectivity index (χ3v) is 4.64. The molecule has 1 aromatic heterocycles. The molecule has 3 amide bonds. The van der Waals surface area contributed by atoms with Gasteiger partial charge < -0.3 is 21.3 Å². The van der Waals surface area contributed by atoms with Gasteiger partial charge in [-0.2, -0.15) is 0 Å². The summed E-state index contributed by atoms with van der Waals surface area (Å²) in [6.45, 7) is 2.29. The zero-order valence-electron chi connectivity index (χ0n) is 17.0. The van der Waals surface area contributed by atoms with E-state index in [1.807, 2.05) is 55.5 Å². The number of amides is 3. The van der Waals surface area contributed by atoms with E-state index in [2.05, 4.69) is 26.3 Å². The van der Waals surface area contributed by atoms with Crippen molar-refractivity contribution >= 4 is 23.3 Å². The van der Waals surface area contributed by atoms with Crippen molar-refractivity contribution in [3.05, 3.63) is 89.7 Å². The highest BCUT2D eigenvalue weighted by Crippen LogP contribution is 2.21. The average molecular weight is 403 g/mol. The van der Waals surface area contributed by atoms with Crippen LogP contribution in [0, 0.1) is 0 Å². The van der Waals surface area contributed by atoms with Gasteiger partial charge in [0.15, 0.2) is 0 Å². The Morgan fingerprint density at radius 3 is 2.37 bits per heavy atom. The Kier molecular flexibility index (Phi) is 7.00. The third kappa shape index (κ3) is 5.57. The van der Waals surface area contributed by atoms with Gasteiger partial charge in [0.25, 0.3) is 5.91 Å². The molecule has 1 heterocycles. The summed E-state index contributed by atoms with van der Waals surface area (Å²) in [5, 5.41) is 11.7. The summed E-state index contributed by atoms with van der Waals surface area (Å²) in [5.41, 5.74) is 3.93. The van der Waals surface area contributed by atoms with Gasteiger partial charge in [0, 0.05) is 31.5 Å². The number of carbonyl (C=O) groups is 2. The molecular formula is C23H25N5O2. The fourth-order valence-electron chi connectivity index (χ4n) is 2.94. The smallest absolute Gasteiger partial charge is 0.315 e. The number of para-hydroxylation sites is 2. The van der Waals surface area contributed by atoms with Crippen molar-refractivity contribution in [2.75, 3.05) is 17.7 Å². The number of rotatable bonds is 7. The van der Waals surface area contributed by atoms with E-state index in [0.717, 1.165) is 22.5 Å². The quantitative estimate of drug-likeness (QED) is 0.481. The predicted molar refractivity (Wildman–Crippen MR) is 118 cm³/mol. The molecule has 0 saturated carbocycles. The zero-order valence-corrected chi connectivity index (χ0v) is 17.0. The van der Waals surface area contributed by atoms with E-state index in [0.29, 0.717) is 12.1 Å². The van der Waals surface area contributed by atoms with Crippen LogP contribution in [0.15, 0.2) is 73.1 Å². The Hall–Kier alpha value is -3.87. The van der Waals surface area contributed by atoms with Crippen LogP contribution in [0.3, 0.4) is 0 Å². The highest BCUT2D eigenvalue weighted by atomic mass is 16.2. The number of nitrogens with one attached hydrogen (secondary N) is 4. The summed E-state index contributed by atoms with van der Waals surface area (Å²) in [6, 6.07) is 17.9. The summed E-state index contributed by atoms with van der Waals surface area (Å²) in [4.78, 5) is 28.7. The maximum atomic E-state index is 12.5. The van der Waals surface area contributed by atoms with Crippen LogP contribution < -0.4 is 21.3 Å². The van der Waals surface area contributed by atoms with E-state index < -0.39 is 0 Å². The van der Waals surface area contributed by atoms with E-state index in [4.69, 9.17) is 0 Å². The van der Waals surface area contributed by atoms with Crippen LogP contribution in [0.5, 0.6) is 0 Å². The van der Waals surface area contributed by atoms with Gasteiger partial charge in [0.05, 0.1) is 17.4 Å². The molecule has 4 N–H and O–H groups in total. The molecule has 0 spiro atoms. The number of pyridine rings is 1. The number of benzene rings is 2. The van der Waals surface area contributed by atoms with Crippen molar-refractivity contribution in [1.82, 2.24) is 15.6 Å². The highest BCUT2D eigenvalue weighted by molar-refractivity contribution is 6.05. The Bertz CT molecular complexity index is 990. The summed E-state index contributed by atoms with van der Waals surface area (Å²) >= 11 is 0. The second kappa shape index (κ2) is 10.1. The van der Waals surface area contributed by atoms with Gasteiger partial charge in [-0.1, -0.05) is 30.3 Å². The topological polar surface area (TPSA) is 95.1 Å². The molecule has 2 aromatic carbocycles. The SMILES string of the molecule is CNc1ccccc1NC(=O)c1ccc(C(C)NC(=O)NCc2cccnc2)cc1. The van der Waals surface area contributed by atoms with Gasteiger partial charge in [-0.15, -0.1) is 0 Å². The Morgan fingerprint density at radius 2 is 1.70 bits per heavy atom. The minimum Gasteiger partial charge on any atom is -0.386 e. The third-order valence-electron chi connectivity index (χ3n) is 4.64. The molecule has 0 aliphatic carbocycles. The van der Waals surface area contributed by atoms with Crippen LogP contribution in [-0.2, 0) is 6.54 Å². The molecule has 7 nitrogen and oxygen atoms in total. The fraction of sp³-hybridized carbons (Fsp3) is 0.174. The van der Waals surface area contributed by atoms with Crippen LogP contribution >= 0.6 is 0 Å². The van der Waals surface area contributed by atoms with Crippen LogP contribution in [0.2, 0.25) is 0 Å². The summed E-state index contributed by atoms with van der Waals surface area (Å²) in [5.74, 6) is -0.195. The first-order valence-electron chi connectivity index (χ1n) is 9.68. The van der Waals surface area contributed by atoms with E-state index >= 15 is 0 Å². The molecule has 7 heteroatoms. The first-order chi connectivity index (χ1) is 14.6. The van der Waals surface area contributed by atoms with Crippen molar-refractivity contribution in [3.8, 4) is 0 Å². The highest BCUT2D eigenvalue weighted by Gasteiger charge is 2.12. The van der Waals surface area contributed by atoms with Crippen LogP contribution in [0.1, 0.15) is 34.5 Å². The maximum absolute atomic E-state index is 12.5. The van der Waals surface area contributed by atoms with E-state index in [9.17, 15) is 9.59 Å². The van der Waals surface area contributed by atoms with Crippen molar-refractivity contribution < 1.29 is 9.59 Å². The lowest BCUT2D eigenvalue weighted by molar-refractivity contribution is 0.102. The minimum absolute atomic E-state index is 0.195. The first-order valence-corrected chi connectivity index (χ1v) is 9.68. The standard InChI is InChI=1S/C23H25N5O2/c1-16(27-23(30)26-15-17-6-5-13-25-14-17)18-9-11-19(12-10-18)22(29)28-21-8-4-3-7-20(21)24-2/h3-14,16,24H,15H2,1-2H3,(H,28,29)(H2,26,27,30). The molecule has 0 bridgehead atoms. The summed E-state index contributed by atoms with van der Waals surface area (Å²) < 4.78 is 0. The Labute approximate surface area is 175 Å². The first kappa shape index (κ1) is 20.9. The second-order valence-corrected chi connectivity index (χ2v) is 6.78. The molecule has 1 atom stereocenters. The van der Waals surface area contributed by atoms with Gasteiger partial charge >= 0.3 is 6.03 Å². The van der Waals surface area contributed by atoms with Crippen LogP contribution in [-0.4, -0.2) is 24.0 Å². The van der Waals surface area contributed by atoms with Gasteiger partial charge in [0.2, 0.25) is 0 Å². The van der Waals surface area contributed by atoms with Crippen molar-refractivity contribution in [1.29, 1.82) is 0 Å². The molecular weight excluding hydrogens is 378 g/mol. The summed E-state index contributed by atoms with van der Waals surface area (Å²) in [6.07, 6.45) is 3.40. The predicted octanol–water partition coefficient (Wildman–Crippen LogP) is 3.94. The van der Waals surface area contributed by atoms with Crippen molar-refractivity contribution in [2.24, 2.45) is 0 Å². The van der Waals surface area contributed by atoms with Gasteiger partial charge in [0.1, 0.15) is 0 Å². The lowest BCUT2D eigenvalue weighted by Crippen LogP contribution is -2.36. The molecule has 3 rings (SSSR count). The van der Waals surface area contributed by atoms with E-state index in [1.54, 1.807) is 31.6 Å². The number of urea groups is 1. The van der Waals surface area contributed by atoms with Crippen molar-refractivity contribution in [2.45, 2.75) is 19.5 Å². The number of hydrogen-bond acceptors (Lipinski definition) is 4. The number of hydrogen-bond donors (Lipinski definition) is 4. The van der Waals surface area contributed by atoms with E-state index in [1.165, 1.54) is 0 Å². The number of carbonyl (C=O) groups excluding carboxylic acids is 2. The van der Waals surface area contributed by atoms with Crippen LogP contribution in [0.4, 0.5) is 16.2 Å². The minimum atomic E-state index is -0.267. The average Bonchev–Trinajstić information content (AvgIpc) is 2.79. The number of aromatic nitrogens is 1. The van der Waals surface area contributed by atoms with E-state index in [-0.39, 0.29) is 18.0 Å². The van der Waals surface area contributed by atoms with Crippen LogP contribution in [0.25, 0.3) is 0 Å². The molecule has 0 fully saturated rings. The normalized spacial score (nSPS) is 11.3. The lowest BCUT2D eigenvalue weighted by Gasteiger charge is -2.16. The molecule has 0 aliphatic heterocycles. The largest absolute Gasteiger partial charge is 0.386 e. The number of nitrogens with zero attached hydrogens (tertiary/aromatic N) is 1. The monoisotopic (exact) mass is 403 g/mol. The van der Waals surface area contributed by atoms with Gasteiger partial charge in [-0.25, -0.2) is 4.79 Å². The Morgan fingerprint density at radius 1 is 0.967 bits per heavy atom. The van der Waals surface area contributed by atoms with Gasteiger partial charge in [-0.05, 0) is 48.4 Å². The van der Waals surface area contributed by atoms with Crippen molar-refractivity contribution in [3.63, 3.8) is 0 Å². The molecule has 1 unspecified atom stereocenters. The molecule has 30 heavy (non-hydrogen) atoms. The molecule has 0 aliphatic rings. The molecule has 3 aromatic rings. The lowest BCUT2D eigenvalue weighted by atomic mass is 10.1. The zero-order chi connectivity index (χ0) is 21.3. The fourth-order valence-corrected chi connectivity index (χ4v) is 2.94.